The Morgan fingerprint density at radius 2 is 2.17 bits per heavy atom. The highest BCUT2D eigenvalue weighted by Crippen LogP contribution is 2.36. The second kappa shape index (κ2) is 5.76. The number of hydrogen-bond acceptors (Lipinski definition) is 4. The summed E-state index contributed by atoms with van der Waals surface area (Å²) in [5.74, 6) is 0.950. The van der Waals surface area contributed by atoms with Crippen molar-refractivity contribution in [3.8, 4) is 5.75 Å². The third-order valence-electron chi connectivity index (χ3n) is 3.05. The van der Waals surface area contributed by atoms with Crippen LogP contribution in [0.4, 0.5) is 5.69 Å². The molecule has 0 radical (unpaired) electrons. The molecular weight excluding hydrogens is 230 g/mol. The first-order chi connectivity index (χ1) is 8.76. The van der Waals surface area contributed by atoms with E-state index in [1.54, 1.807) is 0 Å². The van der Waals surface area contributed by atoms with Crippen molar-refractivity contribution in [2.75, 3.05) is 19.0 Å². The molecule has 0 saturated heterocycles. The molecule has 0 spiro atoms. The Morgan fingerprint density at radius 1 is 1.44 bits per heavy atom. The third-order valence-corrected chi connectivity index (χ3v) is 3.05. The van der Waals surface area contributed by atoms with Gasteiger partial charge in [0.2, 0.25) is 0 Å². The normalized spacial score (nSPS) is 15.9. The van der Waals surface area contributed by atoms with Gasteiger partial charge in [0.25, 0.3) is 0 Å². The quantitative estimate of drug-likeness (QED) is 0.787. The van der Waals surface area contributed by atoms with Crippen molar-refractivity contribution in [1.82, 2.24) is 0 Å². The topological polar surface area (TPSA) is 47.6 Å². The van der Waals surface area contributed by atoms with Crippen molar-refractivity contribution in [2.24, 2.45) is 5.92 Å². The zero-order chi connectivity index (χ0) is 13.0. The minimum absolute atomic E-state index is 0.205. The molecule has 0 aromatic heterocycles. The van der Waals surface area contributed by atoms with Crippen molar-refractivity contribution in [3.05, 3.63) is 24.3 Å². The summed E-state index contributed by atoms with van der Waals surface area (Å²) in [4.78, 5) is 11.7. The van der Waals surface area contributed by atoms with E-state index >= 15 is 0 Å². The molecule has 1 aliphatic carbocycles. The average molecular weight is 249 g/mol. The van der Waals surface area contributed by atoms with Gasteiger partial charge in [-0.1, -0.05) is 12.1 Å². The zero-order valence-corrected chi connectivity index (χ0v) is 10.8. The minimum Gasteiger partial charge on any atom is -0.492 e. The van der Waals surface area contributed by atoms with Crippen molar-refractivity contribution in [3.63, 3.8) is 0 Å². The average Bonchev–Trinajstić information content (AvgIpc) is 3.21. The van der Waals surface area contributed by atoms with E-state index in [0.29, 0.717) is 12.5 Å². The van der Waals surface area contributed by atoms with Crippen LogP contribution in [0.15, 0.2) is 24.3 Å². The van der Waals surface area contributed by atoms with Crippen molar-refractivity contribution in [1.29, 1.82) is 0 Å². The van der Waals surface area contributed by atoms with Crippen LogP contribution < -0.4 is 10.1 Å². The van der Waals surface area contributed by atoms with Crippen LogP contribution in [0, 0.1) is 5.92 Å². The number of anilines is 1. The molecule has 0 amide bonds. The molecule has 4 nitrogen and oxygen atoms in total. The maximum absolute atomic E-state index is 11.7. The molecule has 4 heteroatoms. The molecule has 0 aliphatic heterocycles. The number of nitrogens with one attached hydrogen (secondary N) is 1. The summed E-state index contributed by atoms with van der Waals surface area (Å²) in [6, 6.07) is 7.39. The van der Waals surface area contributed by atoms with Crippen molar-refractivity contribution < 1.29 is 14.3 Å². The lowest BCUT2D eigenvalue weighted by Crippen LogP contribution is -2.32. The van der Waals surface area contributed by atoms with E-state index in [-0.39, 0.29) is 12.0 Å². The summed E-state index contributed by atoms with van der Waals surface area (Å²) < 4.78 is 10.4. The van der Waals surface area contributed by atoms with Crippen molar-refractivity contribution >= 4 is 11.7 Å². The van der Waals surface area contributed by atoms with Crippen LogP contribution >= 0.6 is 0 Å². The Morgan fingerprint density at radius 3 is 2.78 bits per heavy atom. The van der Waals surface area contributed by atoms with Gasteiger partial charge in [-0.25, -0.2) is 4.79 Å². The van der Waals surface area contributed by atoms with E-state index in [4.69, 9.17) is 9.47 Å². The molecule has 1 saturated carbocycles. The van der Waals surface area contributed by atoms with Crippen LogP contribution in [-0.4, -0.2) is 25.7 Å². The number of carbonyl (C=O) groups excluding carboxylic acids is 1. The number of ether oxygens (including phenoxy) is 2. The van der Waals surface area contributed by atoms with Gasteiger partial charge in [0.05, 0.1) is 19.4 Å². The summed E-state index contributed by atoms with van der Waals surface area (Å²) in [7, 11) is 1.42. The van der Waals surface area contributed by atoms with Gasteiger partial charge in [-0.05, 0) is 37.8 Å². The van der Waals surface area contributed by atoms with Gasteiger partial charge in [-0.15, -0.1) is 0 Å². The molecule has 2 rings (SSSR count). The van der Waals surface area contributed by atoms with E-state index in [1.807, 2.05) is 31.2 Å². The molecule has 1 aromatic rings. The Bertz CT molecular complexity index is 415. The number of rotatable bonds is 6. The van der Waals surface area contributed by atoms with Crippen LogP contribution in [0.2, 0.25) is 0 Å². The molecule has 1 aromatic carbocycles. The van der Waals surface area contributed by atoms with Gasteiger partial charge < -0.3 is 14.8 Å². The first-order valence-corrected chi connectivity index (χ1v) is 6.32. The second-order valence-electron chi connectivity index (χ2n) is 4.41. The second-order valence-corrected chi connectivity index (χ2v) is 4.41. The fourth-order valence-electron chi connectivity index (χ4n) is 1.96. The van der Waals surface area contributed by atoms with E-state index in [1.165, 1.54) is 7.11 Å². The third kappa shape index (κ3) is 2.94. The fourth-order valence-corrected chi connectivity index (χ4v) is 1.96. The van der Waals surface area contributed by atoms with E-state index < -0.39 is 0 Å². The maximum Gasteiger partial charge on any atom is 0.328 e. The van der Waals surface area contributed by atoms with Gasteiger partial charge >= 0.3 is 5.97 Å². The van der Waals surface area contributed by atoms with Crippen molar-refractivity contribution in [2.45, 2.75) is 25.8 Å². The van der Waals surface area contributed by atoms with E-state index in [0.717, 1.165) is 24.3 Å². The summed E-state index contributed by atoms with van der Waals surface area (Å²) in [6.45, 7) is 2.54. The Labute approximate surface area is 107 Å². The molecule has 1 fully saturated rings. The number of carbonyl (C=O) groups is 1. The first kappa shape index (κ1) is 12.7. The highest BCUT2D eigenvalue weighted by molar-refractivity contribution is 5.80. The molecule has 0 heterocycles. The lowest BCUT2D eigenvalue weighted by atomic mass is 10.1. The van der Waals surface area contributed by atoms with E-state index in [2.05, 4.69) is 5.32 Å². The smallest absolute Gasteiger partial charge is 0.328 e. The molecular formula is C14H19NO3. The van der Waals surface area contributed by atoms with E-state index in [9.17, 15) is 4.79 Å². The molecule has 1 atom stereocenters. The molecule has 18 heavy (non-hydrogen) atoms. The zero-order valence-electron chi connectivity index (χ0n) is 10.8. The Kier molecular flexibility index (Phi) is 4.07. The monoisotopic (exact) mass is 249 g/mol. The standard InChI is InChI=1S/C14H19NO3/c1-3-18-12-7-5-4-6-11(12)15-13(10-8-9-10)14(16)17-2/h4-7,10,13,15H,3,8-9H2,1-2H3. The van der Waals surface area contributed by atoms with Crippen LogP contribution in [0.25, 0.3) is 0 Å². The predicted octanol–water partition coefficient (Wildman–Crippen LogP) is 2.45. The first-order valence-electron chi connectivity index (χ1n) is 6.32. The van der Waals surface area contributed by atoms with Crippen LogP contribution in [0.3, 0.4) is 0 Å². The minimum atomic E-state index is -0.267. The van der Waals surface area contributed by atoms with Gasteiger partial charge in [-0.3, -0.25) is 0 Å². The van der Waals surface area contributed by atoms with Gasteiger partial charge in [-0.2, -0.15) is 0 Å². The maximum atomic E-state index is 11.7. The summed E-state index contributed by atoms with van der Waals surface area (Å²) in [5, 5.41) is 3.25. The Hall–Kier alpha value is -1.71. The lowest BCUT2D eigenvalue weighted by Gasteiger charge is -2.19. The molecule has 1 unspecified atom stereocenters. The highest BCUT2D eigenvalue weighted by atomic mass is 16.5. The van der Waals surface area contributed by atoms with Crippen LogP contribution in [0.1, 0.15) is 19.8 Å². The number of methoxy groups -OCH3 is 1. The predicted molar refractivity (Wildman–Crippen MR) is 69.8 cm³/mol. The number of benzene rings is 1. The summed E-state index contributed by atoms with van der Waals surface area (Å²) >= 11 is 0. The molecule has 1 N–H and O–H groups in total. The molecule has 98 valence electrons. The highest BCUT2D eigenvalue weighted by Gasteiger charge is 2.37. The number of hydrogen-bond donors (Lipinski definition) is 1. The molecule has 1 aliphatic rings. The molecule has 0 bridgehead atoms. The Balaban J connectivity index is 2.13. The SMILES string of the molecule is CCOc1ccccc1NC(C(=O)OC)C1CC1. The van der Waals surface area contributed by atoms with Crippen LogP contribution in [-0.2, 0) is 9.53 Å². The van der Waals surface area contributed by atoms with Gasteiger partial charge in [0.1, 0.15) is 11.8 Å². The number of esters is 1. The number of para-hydroxylation sites is 2. The summed E-state index contributed by atoms with van der Waals surface area (Å²) in [5.41, 5.74) is 0.849. The summed E-state index contributed by atoms with van der Waals surface area (Å²) in [6.07, 6.45) is 2.15. The fraction of sp³-hybridized carbons (Fsp3) is 0.500. The largest absolute Gasteiger partial charge is 0.492 e. The van der Waals surface area contributed by atoms with Crippen LogP contribution in [0.5, 0.6) is 5.75 Å². The van der Waals surface area contributed by atoms with Gasteiger partial charge in [0.15, 0.2) is 0 Å². The van der Waals surface area contributed by atoms with Gasteiger partial charge in [0, 0.05) is 0 Å². The lowest BCUT2D eigenvalue weighted by molar-refractivity contribution is -0.142.